The molecule has 0 unspecified atom stereocenters. The summed E-state index contributed by atoms with van der Waals surface area (Å²) in [6.07, 6.45) is 3.48. The zero-order chi connectivity index (χ0) is 16.5. The molecule has 0 aromatic carbocycles. The van der Waals surface area contributed by atoms with Crippen molar-refractivity contribution in [3.63, 3.8) is 0 Å². The van der Waals surface area contributed by atoms with Crippen LogP contribution in [0.5, 0.6) is 0 Å². The molecule has 0 N–H and O–H groups in total. The molecule has 0 bridgehead atoms. The summed E-state index contributed by atoms with van der Waals surface area (Å²) in [7, 11) is -1.97. The SMILES string of the molecule is CCn1cc(CN(C)S(=O)(=O)c2cn(CC)nc2C)c(C)n1. The Balaban J connectivity index is 2.28. The fourth-order valence-corrected chi connectivity index (χ4v) is 3.60. The molecule has 2 rings (SSSR count). The van der Waals surface area contributed by atoms with Gasteiger partial charge >= 0.3 is 0 Å². The lowest BCUT2D eigenvalue weighted by Crippen LogP contribution is -2.27. The van der Waals surface area contributed by atoms with Gasteiger partial charge in [-0.3, -0.25) is 9.36 Å². The molecule has 7 nitrogen and oxygen atoms in total. The first kappa shape index (κ1) is 16.7. The van der Waals surface area contributed by atoms with Crippen LogP contribution in [0.1, 0.15) is 30.8 Å². The molecule has 0 atom stereocenters. The van der Waals surface area contributed by atoms with Crippen molar-refractivity contribution in [3.05, 3.63) is 29.3 Å². The van der Waals surface area contributed by atoms with Crippen LogP contribution in [0.4, 0.5) is 0 Å². The number of aromatic nitrogens is 4. The first-order valence-corrected chi connectivity index (χ1v) is 8.76. The average Bonchev–Trinajstić information content (AvgIpc) is 3.02. The van der Waals surface area contributed by atoms with Gasteiger partial charge in [0.2, 0.25) is 10.0 Å². The zero-order valence-electron chi connectivity index (χ0n) is 13.7. The molecular weight excluding hydrogens is 302 g/mol. The van der Waals surface area contributed by atoms with Gasteiger partial charge in [-0.05, 0) is 27.7 Å². The second kappa shape index (κ2) is 6.21. The minimum atomic E-state index is -3.56. The quantitative estimate of drug-likeness (QED) is 0.808. The number of nitrogens with zero attached hydrogens (tertiary/aromatic N) is 5. The summed E-state index contributed by atoms with van der Waals surface area (Å²) in [5, 5.41) is 8.56. The summed E-state index contributed by atoms with van der Waals surface area (Å²) >= 11 is 0. The van der Waals surface area contributed by atoms with Gasteiger partial charge in [-0.2, -0.15) is 14.5 Å². The van der Waals surface area contributed by atoms with Gasteiger partial charge < -0.3 is 0 Å². The van der Waals surface area contributed by atoms with Gasteiger partial charge in [-0.25, -0.2) is 8.42 Å². The highest BCUT2D eigenvalue weighted by atomic mass is 32.2. The van der Waals surface area contributed by atoms with E-state index in [0.717, 1.165) is 17.8 Å². The Morgan fingerprint density at radius 3 is 2.09 bits per heavy atom. The minimum absolute atomic E-state index is 0.261. The van der Waals surface area contributed by atoms with Crippen LogP contribution in [0.15, 0.2) is 17.3 Å². The van der Waals surface area contributed by atoms with E-state index in [1.807, 2.05) is 31.6 Å². The lowest BCUT2D eigenvalue weighted by molar-refractivity contribution is 0.465. The monoisotopic (exact) mass is 325 g/mol. The molecule has 2 aromatic heterocycles. The molecule has 8 heteroatoms. The molecule has 0 aliphatic rings. The Morgan fingerprint density at radius 2 is 1.59 bits per heavy atom. The first-order valence-electron chi connectivity index (χ1n) is 7.32. The van der Waals surface area contributed by atoms with Gasteiger partial charge in [-0.15, -0.1) is 0 Å². The predicted molar refractivity (Wildman–Crippen MR) is 83.9 cm³/mol. The maximum absolute atomic E-state index is 12.7. The predicted octanol–water partition coefficient (Wildman–Crippen LogP) is 1.56. The van der Waals surface area contributed by atoms with Gasteiger partial charge in [0.15, 0.2) is 0 Å². The van der Waals surface area contributed by atoms with Crippen molar-refractivity contribution in [2.75, 3.05) is 7.05 Å². The largest absolute Gasteiger partial charge is 0.272 e. The molecule has 0 saturated heterocycles. The van der Waals surface area contributed by atoms with E-state index in [0.29, 0.717) is 18.8 Å². The third-order valence-electron chi connectivity index (χ3n) is 3.68. The van der Waals surface area contributed by atoms with Gasteiger partial charge in [0.25, 0.3) is 0 Å². The first-order chi connectivity index (χ1) is 10.3. The molecule has 0 saturated carbocycles. The Bertz CT molecular complexity index is 760. The van der Waals surface area contributed by atoms with E-state index >= 15 is 0 Å². The number of rotatable bonds is 6. The van der Waals surface area contributed by atoms with Crippen LogP contribution < -0.4 is 0 Å². The van der Waals surface area contributed by atoms with E-state index in [1.165, 1.54) is 4.31 Å². The molecule has 2 heterocycles. The summed E-state index contributed by atoms with van der Waals surface area (Å²) in [5.74, 6) is 0. The fourth-order valence-electron chi connectivity index (χ4n) is 2.28. The second-order valence-corrected chi connectivity index (χ2v) is 7.30. The highest BCUT2D eigenvalue weighted by Gasteiger charge is 2.26. The van der Waals surface area contributed by atoms with Gasteiger partial charge in [0, 0.05) is 44.6 Å². The number of sulfonamides is 1. The number of aryl methyl sites for hydroxylation is 4. The molecule has 0 aliphatic carbocycles. The third-order valence-corrected chi connectivity index (χ3v) is 5.58. The summed E-state index contributed by atoms with van der Waals surface area (Å²) in [4.78, 5) is 0.261. The van der Waals surface area contributed by atoms with Crippen LogP contribution in [0, 0.1) is 13.8 Å². The van der Waals surface area contributed by atoms with Crippen LogP contribution in [-0.4, -0.2) is 39.3 Å². The van der Waals surface area contributed by atoms with Crippen LogP contribution in [-0.2, 0) is 29.7 Å². The second-order valence-electron chi connectivity index (χ2n) is 5.29. The summed E-state index contributed by atoms with van der Waals surface area (Å²) in [5.41, 5.74) is 2.29. The van der Waals surface area contributed by atoms with Crippen molar-refractivity contribution in [3.8, 4) is 0 Å². The number of hydrogen-bond donors (Lipinski definition) is 0. The van der Waals surface area contributed by atoms with Crippen molar-refractivity contribution < 1.29 is 8.42 Å². The number of hydrogen-bond acceptors (Lipinski definition) is 4. The van der Waals surface area contributed by atoms with E-state index in [-0.39, 0.29) is 4.90 Å². The van der Waals surface area contributed by atoms with E-state index in [1.54, 1.807) is 24.9 Å². The minimum Gasteiger partial charge on any atom is -0.272 e. The van der Waals surface area contributed by atoms with E-state index in [4.69, 9.17) is 0 Å². The lowest BCUT2D eigenvalue weighted by atomic mass is 10.3. The van der Waals surface area contributed by atoms with E-state index < -0.39 is 10.0 Å². The molecule has 0 spiro atoms. The maximum atomic E-state index is 12.7. The molecule has 22 heavy (non-hydrogen) atoms. The van der Waals surface area contributed by atoms with Gasteiger partial charge in [-0.1, -0.05) is 0 Å². The molecule has 0 fully saturated rings. The molecule has 2 aromatic rings. The smallest absolute Gasteiger partial charge is 0.246 e. The summed E-state index contributed by atoms with van der Waals surface area (Å²) in [6, 6.07) is 0. The van der Waals surface area contributed by atoms with Gasteiger partial charge in [0.1, 0.15) is 4.90 Å². The Labute approximate surface area is 131 Å². The zero-order valence-corrected chi connectivity index (χ0v) is 14.6. The maximum Gasteiger partial charge on any atom is 0.246 e. The van der Waals surface area contributed by atoms with Gasteiger partial charge in [0.05, 0.1) is 11.4 Å². The topological polar surface area (TPSA) is 73.0 Å². The normalized spacial score (nSPS) is 12.3. The Hall–Kier alpha value is -1.67. The van der Waals surface area contributed by atoms with Crippen LogP contribution >= 0.6 is 0 Å². The highest BCUT2D eigenvalue weighted by molar-refractivity contribution is 7.89. The fraction of sp³-hybridized carbons (Fsp3) is 0.571. The van der Waals surface area contributed by atoms with Crippen molar-refractivity contribution in [1.82, 2.24) is 23.9 Å². The Kier molecular flexibility index (Phi) is 4.72. The van der Waals surface area contributed by atoms with Crippen molar-refractivity contribution in [2.24, 2.45) is 0 Å². The van der Waals surface area contributed by atoms with E-state index in [9.17, 15) is 8.42 Å². The molecular formula is C14H23N5O2S. The van der Waals surface area contributed by atoms with Crippen molar-refractivity contribution in [1.29, 1.82) is 0 Å². The van der Waals surface area contributed by atoms with E-state index in [2.05, 4.69) is 10.2 Å². The standard InChI is InChI=1S/C14H23N5O2S/c1-6-18-9-13(11(3)15-18)8-17(5)22(20,21)14-10-19(7-2)16-12(14)4/h9-10H,6-8H2,1-5H3. The highest BCUT2D eigenvalue weighted by Crippen LogP contribution is 2.20. The molecule has 0 aliphatic heterocycles. The van der Waals surface area contributed by atoms with Crippen molar-refractivity contribution >= 4 is 10.0 Å². The average molecular weight is 325 g/mol. The van der Waals surface area contributed by atoms with Crippen LogP contribution in [0.25, 0.3) is 0 Å². The Morgan fingerprint density at radius 1 is 1.05 bits per heavy atom. The molecule has 0 radical (unpaired) electrons. The lowest BCUT2D eigenvalue weighted by Gasteiger charge is -2.16. The third kappa shape index (κ3) is 3.07. The molecule has 122 valence electrons. The van der Waals surface area contributed by atoms with Crippen LogP contribution in [0.2, 0.25) is 0 Å². The van der Waals surface area contributed by atoms with Crippen molar-refractivity contribution in [2.45, 2.75) is 52.2 Å². The summed E-state index contributed by atoms with van der Waals surface area (Å²) < 4.78 is 30.2. The molecule has 0 amide bonds. The summed E-state index contributed by atoms with van der Waals surface area (Å²) in [6.45, 7) is 9.23. The van der Waals surface area contributed by atoms with Crippen LogP contribution in [0.3, 0.4) is 0 Å².